The van der Waals surface area contributed by atoms with Crippen molar-refractivity contribution in [3.63, 3.8) is 0 Å². The third kappa shape index (κ3) is 3.86. The highest BCUT2D eigenvalue weighted by Gasteiger charge is 2.38. The molecule has 4 aromatic rings. The van der Waals surface area contributed by atoms with Gasteiger partial charge in [0.25, 0.3) is 0 Å². The molecule has 0 amide bonds. The van der Waals surface area contributed by atoms with E-state index in [-0.39, 0.29) is 11.4 Å². The van der Waals surface area contributed by atoms with Gasteiger partial charge < -0.3 is 14.4 Å². The summed E-state index contributed by atoms with van der Waals surface area (Å²) in [6.45, 7) is 4.24. The Hall–Kier alpha value is -3.33. The van der Waals surface area contributed by atoms with E-state index in [1.165, 1.54) is 12.3 Å². The van der Waals surface area contributed by atoms with Crippen molar-refractivity contribution in [2.75, 3.05) is 13.7 Å². The Kier molecular flexibility index (Phi) is 6.06. The van der Waals surface area contributed by atoms with Crippen LogP contribution < -0.4 is 0 Å². The maximum absolute atomic E-state index is 16.2. The van der Waals surface area contributed by atoms with Gasteiger partial charge in [0.1, 0.15) is 5.52 Å². The van der Waals surface area contributed by atoms with Crippen LogP contribution in [-0.4, -0.2) is 39.6 Å². The number of benzene rings is 2. The first-order chi connectivity index (χ1) is 17.1. The molecule has 0 unspecified atom stereocenters. The molecule has 1 aliphatic carbocycles. The minimum Gasteiger partial charge on any atom is -0.481 e. The number of nitrogens with one attached hydrogen (secondary N) is 1. The first-order valence-corrected chi connectivity index (χ1v) is 12.0. The molecule has 5 rings (SSSR count). The third-order valence-electron chi connectivity index (χ3n) is 7.44. The predicted molar refractivity (Wildman–Crippen MR) is 130 cm³/mol. The van der Waals surface area contributed by atoms with Crippen LogP contribution in [0.25, 0.3) is 27.5 Å². The van der Waals surface area contributed by atoms with Crippen LogP contribution in [0.2, 0.25) is 0 Å². The molecule has 2 N–H and O–H groups in total. The Labute approximate surface area is 206 Å². The molecule has 190 valence electrons. The summed E-state index contributed by atoms with van der Waals surface area (Å²) in [4.78, 5) is 11.6. The first kappa shape index (κ1) is 24.4. The van der Waals surface area contributed by atoms with Gasteiger partial charge in [0.15, 0.2) is 17.5 Å². The van der Waals surface area contributed by atoms with Crippen molar-refractivity contribution < 1.29 is 27.8 Å². The molecular formula is C27H28F3N3O3. The number of rotatable bonds is 6. The lowest BCUT2D eigenvalue weighted by atomic mass is 9.74. The summed E-state index contributed by atoms with van der Waals surface area (Å²) in [5.41, 5.74) is 2.00. The number of carbonyl (C=O) groups is 1. The molecule has 2 heterocycles. The molecule has 2 aromatic carbocycles. The topological polar surface area (TPSA) is 80.1 Å². The second-order valence-electron chi connectivity index (χ2n) is 10.3. The molecule has 0 radical (unpaired) electrons. The molecular weight excluding hydrogens is 471 g/mol. The van der Waals surface area contributed by atoms with Crippen LogP contribution in [0, 0.1) is 23.4 Å². The zero-order valence-corrected chi connectivity index (χ0v) is 20.4. The highest BCUT2D eigenvalue weighted by Crippen LogP contribution is 2.48. The second kappa shape index (κ2) is 8.96. The molecule has 1 saturated carbocycles. The highest BCUT2D eigenvalue weighted by molar-refractivity contribution is 6.00. The summed E-state index contributed by atoms with van der Waals surface area (Å²) in [5.74, 6) is -3.80. The standard InChI is InChI=1S/C27H28F3N3O3/c1-27(2,13-36-3)25-21(14-4-6-15(7-5-14)26(34)35)22-20(10-16-12-31-32-24(16)23(22)30)33(25)17-8-9-18(28)19(29)11-17/h8-12,14-15H,4-7,13H2,1-3H3,(H,31,32)(H,34,35). The summed E-state index contributed by atoms with van der Waals surface area (Å²) in [5, 5.41) is 17.2. The van der Waals surface area contributed by atoms with Crippen molar-refractivity contribution >= 4 is 27.8 Å². The molecule has 0 bridgehead atoms. The van der Waals surface area contributed by atoms with Crippen LogP contribution in [0.3, 0.4) is 0 Å². The summed E-state index contributed by atoms with van der Waals surface area (Å²) >= 11 is 0. The zero-order valence-electron chi connectivity index (χ0n) is 20.4. The van der Waals surface area contributed by atoms with E-state index in [0.717, 1.165) is 23.4 Å². The van der Waals surface area contributed by atoms with Crippen molar-refractivity contribution in [3.8, 4) is 5.69 Å². The van der Waals surface area contributed by atoms with Crippen LogP contribution in [0.1, 0.15) is 56.7 Å². The average Bonchev–Trinajstić information content (AvgIpc) is 3.45. The van der Waals surface area contributed by atoms with Gasteiger partial charge in [-0.05, 0) is 55.4 Å². The van der Waals surface area contributed by atoms with Gasteiger partial charge >= 0.3 is 5.97 Å². The first-order valence-electron chi connectivity index (χ1n) is 12.0. The van der Waals surface area contributed by atoms with E-state index < -0.39 is 34.8 Å². The van der Waals surface area contributed by atoms with Crippen molar-refractivity contribution in [1.82, 2.24) is 14.8 Å². The number of nitrogens with zero attached hydrogens (tertiary/aromatic N) is 2. The fraction of sp³-hybridized carbons (Fsp3) is 0.407. The van der Waals surface area contributed by atoms with Crippen molar-refractivity contribution in [2.24, 2.45) is 5.92 Å². The Bertz CT molecular complexity index is 1470. The zero-order chi connectivity index (χ0) is 25.8. The van der Waals surface area contributed by atoms with Crippen molar-refractivity contribution in [3.05, 3.63) is 59.2 Å². The van der Waals surface area contributed by atoms with E-state index in [4.69, 9.17) is 4.74 Å². The summed E-state index contributed by atoms with van der Waals surface area (Å²) in [6.07, 6.45) is 3.64. The summed E-state index contributed by atoms with van der Waals surface area (Å²) in [7, 11) is 1.58. The molecule has 36 heavy (non-hydrogen) atoms. The van der Waals surface area contributed by atoms with Gasteiger partial charge in [-0.25, -0.2) is 13.2 Å². The van der Waals surface area contributed by atoms with Crippen LogP contribution >= 0.6 is 0 Å². The van der Waals surface area contributed by atoms with Gasteiger partial charge in [-0.3, -0.25) is 9.89 Å². The van der Waals surface area contributed by atoms with E-state index in [1.54, 1.807) is 17.7 Å². The van der Waals surface area contributed by atoms with Crippen molar-refractivity contribution in [1.29, 1.82) is 0 Å². The minimum absolute atomic E-state index is 0.115. The molecule has 0 spiro atoms. The number of aromatic nitrogens is 3. The van der Waals surface area contributed by atoms with Gasteiger partial charge in [0.05, 0.1) is 24.2 Å². The Morgan fingerprint density at radius 3 is 2.53 bits per heavy atom. The number of ether oxygens (including phenoxy) is 1. The molecule has 0 atom stereocenters. The quantitative estimate of drug-likeness (QED) is 0.331. The van der Waals surface area contributed by atoms with Crippen molar-refractivity contribution in [2.45, 2.75) is 50.9 Å². The number of hydrogen-bond donors (Lipinski definition) is 2. The lowest BCUT2D eigenvalue weighted by molar-refractivity contribution is -0.142. The number of aliphatic carboxylic acids is 1. The molecule has 0 aliphatic heterocycles. The molecule has 6 nitrogen and oxygen atoms in total. The van der Waals surface area contributed by atoms with E-state index in [0.29, 0.717) is 54.3 Å². The van der Waals surface area contributed by atoms with Crippen LogP contribution in [0.4, 0.5) is 13.2 Å². The third-order valence-corrected chi connectivity index (χ3v) is 7.44. The number of hydrogen-bond acceptors (Lipinski definition) is 3. The second-order valence-corrected chi connectivity index (χ2v) is 10.3. The van der Waals surface area contributed by atoms with Crippen LogP contribution in [0.15, 0.2) is 30.5 Å². The smallest absolute Gasteiger partial charge is 0.306 e. The van der Waals surface area contributed by atoms with Gasteiger partial charge in [-0.15, -0.1) is 0 Å². The maximum atomic E-state index is 16.2. The summed E-state index contributed by atoms with van der Waals surface area (Å²) < 4.78 is 51.9. The lowest BCUT2D eigenvalue weighted by Crippen LogP contribution is -2.29. The van der Waals surface area contributed by atoms with Gasteiger partial charge in [-0.1, -0.05) is 13.8 Å². The molecule has 2 aromatic heterocycles. The van der Waals surface area contributed by atoms with Gasteiger partial charge in [0.2, 0.25) is 0 Å². The lowest BCUT2D eigenvalue weighted by Gasteiger charge is -2.32. The number of carboxylic acid groups (broad SMARTS) is 1. The van der Waals surface area contributed by atoms with Gasteiger partial charge in [-0.2, -0.15) is 5.10 Å². The number of aromatic amines is 1. The van der Waals surface area contributed by atoms with E-state index >= 15 is 4.39 Å². The Morgan fingerprint density at radius 2 is 1.89 bits per heavy atom. The van der Waals surface area contributed by atoms with Crippen LogP contribution in [-0.2, 0) is 14.9 Å². The normalized spacial score (nSPS) is 18.8. The predicted octanol–water partition coefficient (Wildman–Crippen LogP) is 6.21. The van der Waals surface area contributed by atoms with Gasteiger partial charge in [0, 0.05) is 40.7 Å². The van der Waals surface area contributed by atoms with Crippen LogP contribution in [0.5, 0.6) is 0 Å². The SMILES string of the molecule is COCC(C)(C)c1c(C2CCC(C(=O)O)CC2)c2c(F)c3[nH]ncc3cc2n1-c1ccc(F)c(F)c1. The number of methoxy groups -OCH3 is 1. The molecule has 1 aliphatic rings. The van der Waals surface area contributed by atoms with E-state index in [1.807, 2.05) is 13.8 Å². The Balaban J connectivity index is 1.87. The monoisotopic (exact) mass is 499 g/mol. The largest absolute Gasteiger partial charge is 0.481 e. The molecule has 9 heteroatoms. The fourth-order valence-corrected chi connectivity index (χ4v) is 5.84. The fourth-order valence-electron chi connectivity index (χ4n) is 5.84. The molecule has 0 saturated heterocycles. The summed E-state index contributed by atoms with van der Waals surface area (Å²) in [6, 6.07) is 5.46. The average molecular weight is 500 g/mol. The number of halogens is 3. The number of carboxylic acids is 1. The highest BCUT2D eigenvalue weighted by atomic mass is 19.2. The number of H-pyrrole nitrogens is 1. The van der Waals surface area contributed by atoms with E-state index in [9.17, 15) is 18.7 Å². The Morgan fingerprint density at radius 1 is 1.17 bits per heavy atom. The maximum Gasteiger partial charge on any atom is 0.306 e. The minimum atomic E-state index is -1.00. The molecule has 1 fully saturated rings. The number of fused-ring (bicyclic) bond motifs is 2. The van der Waals surface area contributed by atoms with E-state index in [2.05, 4.69) is 10.2 Å².